The van der Waals surface area contributed by atoms with E-state index >= 15 is 0 Å². The van der Waals surface area contributed by atoms with Crippen LogP contribution in [0.1, 0.15) is 127 Å². The van der Waals surface area contributed by atoms with E-state index in [1.807, 2.05) is 49.8 Å². The Morgan fingerprint density at radius 1 is 0.700 bits per heavy atom. The van der Waals surface area contributed by atoms with E-state index in [0.717, 1.165) is 98.0 Å². The van der Waals surface area contributed by atoms with Gasteiger partial charge < -0.3 is 39.9 Å². The second kappa shape index (κ2) is 16.6. The van der Waals surface area contributed by atoms with Crippen LogP contribution >= 0.6 is 0 Å². The number of ether oxygens (including phenoxy) is 2. The van der Waals surface area contributed by atoms with E-state index in [1.54, 1.807) is 0 Å². The van der Waals surface area contributed by atoms with Crippen molar-refractivity contribution in [2.45, 2.75) is 127 Å². The predicted molar refractivity (Wildman–Crippen MR) is 227 cm³/mol. The lowest BCUT2D eigenvalue weighted by atomic mass is 9.51. The topological polar surface area (TPSA) is 175 Å². The van der Waals surface area contributed by atoms with E-state index in [0.29, 0.717) is 13.1 Å². The zero-order valence-electron chi connectivity index (χ0n) is 35.8. The van der Waals surface area contributed by atoms with Gasteiger partial charge in [-0.05, 0) is 110 Å². The minimum Gasteiger partial charge on any atom is -0.453 e. The standard InChI is InChI=1S/C46H60N8O6/c1-27(2)37(51-43(57)59-5)41(55)53-23-7-9-34(53)39-47-26-36(50-39)46-20-17-45(18-21-46,19-22-46)31-14-11-29(12-15-31)30-13-16-32-33(25-30)49-40(48-32)35-10-8-24-54(35)42(56)38(28(3)4)52-44(58)60-6/h11-16,25-28,34-35,37-38H,7-10,17-24H2,1-6H3,(H,47,50)(H,48,49)(H,51,57)(H,52,58). The maximum Gasteiger partial charge on any atom is 0.407 e. The van der Waals surface area contributed by atoms with E-state index in [9.17, 15) is 19.2 Å². The van der Waals surface area contributed by atoms with Crippen molar-refractivity contribution in [3.8, 4) is 11.1 Å². The molecule has 4 heterocycles. The molecule has 5 aliphatic rings. The first-order valence-electron chi connectivity index (χ1n) is 21.8. The Labute approximate surface area is 352 Å². The average molecular weight is 821 g/mol. The van der Waals surface area contributed by atoms with Gasteiger partial charge in [-0.3, -0.25) is 9.59 Å². The van der Waals surface area contributed by atoms with Crippen molar-refractivity contribution >= 4 is 35.0 Å². The van der Waals surface area contributed by atoms with E-state index in [-0.39, 0.29) is 46.6 Å². The molecule has 0 radical (unpaired) electrons. The van der Waals surface area contributed by atoms with E-state index in [2.05, 4.69) is 57.0 Å². The molecule has 0 spiro atoms. The fraction of sp³-hybridized carbons (Fsp3) is 0.565. The minimum atomic E-state index is -0.678. The van der Waals surface area contributed by atoms with E-state index in [4.69, 9.17) is 19.4 Å². The van der Waals surface area contributed by atoms with Gasteiger partial charge in [0, 0.05) is 30.4 Å². The van der Waals surface area contributed by atoms with Gasteiger partial charge in [-0.2, -0.15) is 0 Å². The number of imidazole rings is 2. The lowest BCUT2D eigenvalue weighted by Crippen LogP contribution is -2.51. The summed E-state index contributed by atoms with van der Waals surface area (Å²) < 4.78 is 9.59. The number of nitrogens with zero attached hydrogens (tertiary/aromatic N) is 4. The number of amides is 4. The molecule has 2 aromatic heterocycles. The molecule has 4 amide bonds. The summed E-state index contributed by atoms with van der Waals surface area (Å²) in [6.07, 6.45) is 10.8. The second-order valence-electron chi connectivity index (χ2n) is 18.3. The van der Waals surface area contributed by atoms with Crippen LogP contribution in [0.5, 0.6) is 0 Å². The molecule has 4 unspecified atom stereocenters. The number of carbonyl (C=O) groups is 4. The van der Waals surface area contributed by atoms with Gasteiger partial charge in [0.2, 0.25) is 11.8 Å². The maximum atomic E-state index is 13.7. The highest BCUT2D eigenvalue weighted by atomic mass is 16.5. The summed E-state index contributed by atoms with van der Waals surface area (Å²) in [5.41, 5.74) is 6.84. The molecule has 2 aliphatic heterocycles. The molecule has 60 heavy (non-hydrogen) atoms. The van der Waals surface area contributed by atoms with Crippen LogP contribution in [0.25, 0.3) is 22.2 Å². The van der Waals surface area contributed by atoms with Crippen LogP contribution in [-0.4, -0.2) is 93.1 Å². The lowest BCUT2D eigenvalue weighted by Gasteiger charge is -2.53. The van der Waals surface area contributed by atoms with Crippen molar-refractivity contribution in [1.82, 2.24) is 40.4 Å². The summed E-state index contributed by atoms with van der Waals surface area (Å²) in [4.78, 5) is 72.2. The van der Waals surface area contributed by atoms with Gasteiger partial charge in [-0.25, -0.2) is 19.6 Å². The van der Waals surface area contributed by atoms with E-state index < -0.39 is 24.3 Å². The molecule has 4 atom stereocenters. The number of fused-ring (bicyclic) bond motifs is 4. The van der Waals surface area contributed by atoms with Gasteiger partial charge >= 0.3 is 12.2 Å². The van der Waals surface area contributed by atoms with Crippen LogP contribution in [0.3, 0.4) is 0 Å². The number of hydrogen-bond donors (Lipinski definition) is 4. The van der Waals surface area contributed by atoms with Crippen LogP contribution in [-0.2, 0) is 29.9 Å². The Hall–Kier alpha value is -5.40. The molecule has 9 rings (SSSR count). The van der Waals surface area contributed by atoms with Crippen molar-refractivity contribution in [2.24, 2.45) is 11.8 Å². The number of aromatic nitrogens is 4. The third-order valence-corrected chi connectivity index (χ3v) is 14.2. The molecule has 14 nitrogen and oxygen atoms in total. The molecule has 4 N–H and O–H groups in total. The molecule has 4 aromatic rings. The third kappa shape index (κ3) is 7.62. The van der Waals surface area contributed by atoms with Crippen LogP contribution in [0.2, 0.25) is 0 Å². The summed E-state index contributed by atoms with van der Waals surface area (Å²) in [6, 6.07) is 13.8. The smallest absolute Gasteiger partial charge is 0.407 e. The number of methoxy groups -OCH3 is 2. The Balaban J connectivity index is 0.925. The molecular formula is C46H60N8O6. The second-order valence-corrected chi connectivity index (χ2v) is 18.3. The lowest BCUT2D eigenvalue weighted by molar-refractivity contribution is -0.136. The normalized spacial score (nSPS) is 24.9. The summed E-state index contributed by atoms with van der Waals surface area (Å²) in [7, 11) is 2.62. The zero-order chi connectivity index (χ0) is 42.3. The zero-order valence-corrected chi connectivity index (χ0v) is 35.8. The highest BCUT2D eigenvalue weighted by Gasteiger charge is 2.51. The molecule has 14 heteroatoms. The number of hydrogen-bond acceptors (Lipinski definition) is 8. The minimum absolute atomic E-state index is 0.0600. The molecule has 5 fully saturated rings. The van der Waals surface area contributed by atoms with Crippen LogP contribution in [0.15, 0.2) is 48.7 Å². The summed E-state index contributed by atoms with van der Waals surface area (Å²) >= 11 is 0. The van der Waals surface area contributed by atoms with Crippen LogP contribution in [0.4, 0.5) is 9.59 Å². The summed E-state index contributed by atoms with van der Waals surface area (Å²) in [6.45, 7) is 8.95. The first-order valence-corrected chi connectivity index (χ1v) is 21.8. The molecule has 320 valence electrons. The van der Waals surface area contributed by atoms with Crippen molar-refractivity contribution in [1.29, 1.82) is 0 Å². The number of likely N-dealkylation sites (tertiary alicyclic amines) is 2. The number of benzene rings is 2. The first kappa shape index (κ1) is 41.3. The summed E-state index contributed by atoms with van der Waals surface area (Å²) in [5, 5.41) is 5.47. The van der Waals surface area contributed by atoms with E-state index in [1.165, 1.54) is 25.5 Å². The fourth-order valence-corrected chi connectivity index (χ4v) is 10.6. The average Bonchev–Trinajstić information content (AvgIpc) is 4.11. The monoisotopic (exact) mass is 820 g/mol. The van der Waals surface area contributed by atoms with Crippen LogP contribution in [0, 0.1) is 11.8 Å². The highest BCUT2D eigenvalue weighted by Crippen LogP contribution is 2.58. The molecular weight excluding hydrogens is 761 g/mol. The Kier molecular flexibility index (Phi) is 11.4. The third-order valence-electron chi connectivity index (χ3n) is 14.2. The maximum absolute atomic E-state index is 13.7. The van der Waals surface area contributed by atoms with Crippen LogP contribution < -0.4 is 10.6 Å². The van der Waals surface area contributed by atoms with Gasteiger partial charge in [-0.15, -0.1) is 0 Å². The number of rotatable bonds is 11. The van der Waals surface area contributed by atoms with Crippen molar-refractivity contribution in [2.75, 3.05) is 27.3 Å². The Bertz CT molecular complexity index is 2200. The van der Waals surface area contributed by atoms with Gasteiger partial charge in [0.15, 0.2) is 0 Å². The number of carbonyl (C=O) groups excluding carboxylic acids is 4. The summed E-state index contributed by atoms with van der Waals surface area (Å²) in [5.74, 6) is 1.22. The molecule has 2 saturated heterocycles. The highest BCUT2D eigenvalue weighted by molar-refractivity contribution is 5.87. The number of alkyl carbamates (subject to hydrolysis) is 2. The fourth-order valence-electron chi connectivity index (χ4n) is 10.6. The van der Waals surface area contributed by atoms with Crippen molar-refractivity contribution < 1.29 is 28.7 Å². The predicted octanol–water partition coefficient (Wildman–Crippen LogP) is 7.58. The van der Waals surface area contributed by atoms with Crippen molar-refractivity contribution in [3.05, 3.63) is 71.6 Å². The molecule has 3 saturated carbocycles. The SMILES string of the molecule is COC(=O)NC(C(=O)N1CCCC1c1ncc(C23CCC(c4ccc(-c5ccc6nc(C7CCCN7C(=O)C(NC(=O)OC)C(C)C)[nH]c6c5)cc4)(CC2)CC3)[nH]1)C(C)C. The quantitative estimate of drug-likeness (QED) is 0.120. The molecule has 2 bridgehead atoms. The Morgan fingerprint density at radius 2 is 1.22 bits per heavy atom. The molecule has 2 aromatic carbocycles. The van der Waals surface area contributed by atoms with Crippen molar-refractivity contribution in [3.63, 3.8) is 0 Å². The largest absolute Gasteiger partial charge is 0.453 e. The molecule has 3 aliphatic carbocycles. The number of aromatic amines is 2. The number of nitrogens with one attached hydrogen (secondary N) is 4. The first-order chi connectivity index (χ1) is 28.8. The van der Waals surface area contributed by atoms with Gasteiger partial charge in [-0.1, -0.05) is 58.0 Å². The van der Waals surface area contributed by atoms with Gasteiger partial charge in [0.1, 0.15) is 23.7 Å². The van der Waals surface area contributed by atoms with Gasteiger partial charge in [0.25, 0.3) is 0 Å². The number of H-pyrrole nitrogens is 2. The van der Waals surface area contributed by atoms with Gasteiger partial charge in [0.05, 0.1) is 37.3 Å². The Morgan fingerprint density at radius 3 is 1.75 bits per heavy atom.